The number of rotatable bonds is 3. The average molecular weight is 385 g/mol. The zero-order valence-corrected chi connectivity index (χ0v) is 15.3. The molecule has 4 nitrogen and oxygen atoms in total. The molecule has 1 aromatic heterocycles. The van der Waals surface area contributed by atoms with Crippen LogP contribution in [0.25, 0.3) is 16.9 Å². The van der Waals surface area contributed by atoms with Crippen molar-refractivity contribution in [3.05, 3.63) is 71.1 Å². The molecule has 0 saturated heterocycles. The van der Waals surface area contributed by atoms with Crippen molar-refractivity contribution in [3.8, 4) is 16.9 Å². The number of hydrogen-bond donors (Lipinski definition) is 1. The van der Waals surface area contributed by atoms with E-state index in [1.807, 2.05) is 18.2 Å². The molecule has 3 aromatic rings. The third-order valence-electron chi connectivity index (χ3n) is 5.03. The minimum Gasteiger partial charge on any atom is -0.383 e. The lowest BCUT2D eigenvalue weighted by atomic mass is 9.82. The highest BCUT2D eigenvalue weighted by Crippen LogP contribution is 2.37. The van der Waals surface area contributed by atoms with Crippen LogP contribution in [0.15, 0.2) is 54.6 Å². The Balaban J connectivity index is 1.83. The molecule has 0 spiro atoms. The fourth-order valence-corrected chi connectivity index (χ4v) is 3.54. The lowest BCUT2D eigenvalue weighted by molar-refractivity contribution is -0.125. The fraction of sp³-hybridized carbons (Fsp3) is 0.238. The normalized spacial score (nSPS) is 16.5. The van der Waals surface area contributed by atoms with Gasteiger partial charge in [0.05, 0.1) is 17.1 Å². The van der Waals surface area contributed by atoms with Crippen molar-refractivity contribution < 1.29 is 14.3 Å². The van der Waals surface area contributed by atoms with E-state index in [1.165, 1.54) is 12.1 Å². The van der Waals surface area contributed by atoms with Crippen molar-refractivity contribution in [1.29, 1.82) is 0 Å². The third-order valence-corrected chi connectivity index (χ3v) is 5.28. The van der Waals surface area contributed by atoms with Gasteiger partial charge >= 0.3 is 0 Å². The first-order chi connectivity index (χ1) is 12.9. The minimum absolute atomic E-state index is 0.163. The van der Waals surface area contributed by atoms with E-state index in [0.29, 0.717) is 36.4 Å². The molecular weight excluding hydrogens is 367 g/mol. The first-order valence-electron chi connectivity index (χ1n) is 8.81. The molecule has 0 aliphatic heterocycles. The van der Waals surface area contributed by atoms with E-state index >= 15 is 0 Å². The van der Waals surface area contributed by atoms with Crippen LogP contribution in [0.4, 0.5) is 4.39 Å². The topological polar surface area (TPSA) is 55.1 Å². The lowest BCUT2D eigenvalue weighted by Crippen LogP contribution is -2.32. The molecule has 0 bridgehead atoms. The summed E-state index contributed by atoms with van der Waals surface area (Å²) < 4.78 is 15.1. The molecule has 4 rings (SSSR count). The monoisotopic (exact) mass is 384 g/mol. The number of ketones is 1. The predicted molar refractivity (Wildman–Crippen MR) is 101 cm³/mol. The van der Waals surface area contributed by atoms with Crippen LogP contribution in [0.5, 0.6) is 0 Å². The van der Waals surface area contributed by atoms with E-state index in [4.69, 9.17) is 11.6 Å². The first-order valence-corrected chi connectivity index (χ1v) is 9.19. The van der Waals surface area contributed by atoms with Gasteiger partial charge in [0, 0.05) is 23.4 Å². The van der Waals surface area contributed by atoms with Gasteiger partial charge in [-0.05, 0) is 67.4 Å². The van der Waals surface area contributed by atoms with Crippen LogP contribution >= 0.6 is 11.6 Å². The molecule has 2 aromatic carbocycles. The Bertz CT molecular complexity index is 907. The van der Waals surface area contributed by atoms with Gasteiger partial charge in [0.15, 0.2) is 0 Å². The second kappa shape index (κ2) is 6.91. The van der Waals surface area contributed by atoms with Crippen LogP contribution in [-0.4, -0.2) is 20.7 Å². The second-order valence-corrected chi connectivity index (χ2v) is 7.32. The summed E-state index contributed by atoms with van der Waals surface area (Å²) in [7, 11) is 0. The highest BCUT2D eigenvalue weighted by Gasteiger charge is 2.37. The second-order valence-electron chi connectivity index (χ2n) is 6.88. The van der Waals surface area contributed by atoms with E-state index in [0.717, 1.165) is 16.9 Å². The van der Waals surface area contributed by atoms with Crippen LogP contribution in [0, 0.1) is 5.82 Å². The molecular formula is C21H18ClFN2O2. The molecule has 0 radical (unpaired) electrons. The number of Topliss-reactive ketones (excluding diaryl/α,β-unsaturated/α-hetero) is 1. The number of carbonyl (C=O) groups excluding carboxylic acids is 1. The third kappa shape index (κ3) is 3.53. The molecule has 0 unspecified atom stereocenters. The van der Waals surface area contributed by atoms with E-state index in [-0.39, 0.29) is 11.6 Å². The number of halogens is 2. The number of aromatic nitrogens is 2. The summed E-state index contributed by atoms with van der Waals surface area (Å²) in [4.78, 5) is 11.6. The van der Waals surface area contributed by atoms with E-state index in [1.54, 1.807) is 28.9 Å². The van der Waals surface area contributed by atoms with E-state index in [2.05, 4.69) is 5.10 Å². The Hall–Kier alpha value is -2.50. The zero-order valence-electron chi connectivity index (χ0n) is 14.5. The Morgan fingerprint density at radius 3 is 2.30 bits per heavy atom. The smallest absolute Gasteiger partial charge is 0.133 e. The Kier molecular flexibility index (Phi) is 4.58. The molecule has 6 heteroatoms. The summed E-state index contributed by atoms with van der Waals surface area (Å²) in [6, 6.07) is 15.2. The first kappa shape index (κ1) is 17.9. The van der Waals surface area contributed by atoms with Crippen molar-refractivity contribution in [2.24, 2.45) is 0 Å². The molecule has 27 heavy (non-hydrogen) atoms. The number of carbonyl (C=O) groups is 1. The van der Waals surface area contributed by atoms with Gasteiger partial charge in [-0.15, -0.1) is 0 Å². The molecule has 1 aliphatic carbocycles. The van der Waals surface area contributed by atoms with Crippen molar-refractivity contribution >= 4 is 17.4 Å². The van der Waals surface area contributed by atoms with E-state index in [9.17, 15) is 14.3 Å². The van der Waals surface area contributed by atoms with Gasteiger partial charge in [0.1, 0.15) is 17.2 Å². The van der Waals surface area contributed by atoms with Crippen molar-refractivity contribution in [1.82, 2.24) is 9.78 Å². The number of nitrogens with zero attached hydrogens (tertiary/aromatic N) is 2. The minimum atomic E-state index is -1.14. The molecule has 138 valence electrons. The predicted octanol–water partition coefficient (Wildman–Crippen LogP) is 4.66. The molecule has 1 N–H and O–H groups in total. The van der Waals surface area contributed by atoms with Gasteiger partial charge in [-0.25, -0.2) is 9.07 Å². The van der Waals surface area contributed by atoms with Crippen molar-refractivity contribution in [2.45, 2.75) is 31.3 Å². The standard InChI is InChI=1S/C21H18ClFN2O2/c22-15-3-7-17(8-4-15)25-19(14-1-5-16(23)6-2-14)13-20(24-25)21(27)11-9-18(26)10-12-21/h1-8,13,27H,9-12H2. The van der Waals surface area contributed by atoms with Gasteiger partial charge in [-0.1, -0.05) is 11.6 Å². The SMILES string of the molecule is O=C1CCC(O)(c2cc(-c3ccc(F)cc3)n(-c3ccc(Cl)cc3)n2)CC1. The molecule has 1 heterocycles. The largest absolute Gasteiger partial charge is 0.383 e. The molecule has 0 amide bonds. The highest BCUT2D eigenvalue weighted by molar-refractivity contribution is 6.30. The number of benzene rings is 2. The zero-order chi connectivity index (χ0) is 19.0. The summed E-state index contributed by atoms with van der Waals surface area (Å²) in [6.07, 6.45) is 1.39. The van der Waals surface area contributed by atoms with Gasteiger partial charge in [-0.2, -0.15) is 5.10 Å². The fourth-order valence-electron chi connectivity index (χ4n) is 3.41. The van der Waals surface area contributed by atoms with Gasteiger partial charge in [0.2, 0.25) is 0 Å². The number of hydrogen-bond acceptors (Lipinski definition) is 3. The maximum atomic E-state index is 13.4. The number of aliphatic hydroxyl groups is 1. The van der Waals surface area contributed by atoms with Crippen LogP contribution < -0.4 is 0 Å². The highest BCUT2D eigenvalue weighted by atomic mass is 35.5. The van der Waals surface area contributed by atoms with Gasteiger partial charge < -0.3 is 5.11 Å². The average Bonchev–Trinajstić information content (AvgIpc) is 3.12. The van der Waals surface area contributed by atoms with Crippen LogP contribution in [0.1, 0.15) is 31.4 Å². The summed E-state index contributed by atoms with van der Waals surface area (Å²) >= 11 is 5.99. The summed E-state index contributed by atoms with van der Waals surface area (Å²) in [5, 5.41) is 16.3. The van der Waals surface area contributed by atoms with E-state index < -0.39 is 5.60 Å². The lowest BCUT2D eigenvalue weighted by Gasteiger charge is -2.29. The maximum absolute atomic E-state index is 13.4. The molecule has 1 fully saturated rings. The Morgan fingerprint density at radius 1 is 1.04 bits per heavy atom. The molecule has 0 atom stereocenters. The van der Waals surface area contributed by atoms with Crippen LogP contribution in [-0.2, 0) is 10.4 Å². The summed E-state index contributed by atoms with van der Waals surface area (Å²) in [5.41, 5.74) is 1.67. The Morgan fingerprint density at radius 2 is 1.67 bits per heavy atom. The Labute approximate surface area is 161 Å². The van der Waals surface area contributed by atoms with Crippen molar-refractivity contribution in [2.75, 3.05) is 0 Å². The van der Waals surface area contributed by atoms with Crippen LogP contribution in [0.2, 0.25) is 5.02 Å². The van der Waals surface area contributed by atoms with Crippen molar-refractivity contribution in [3.63, 3.8) is 0 Å². The van der Waals surface area contributed by atoms with Gasteiger partial charge in [0.25, 0.3) is 0 Å². The maximum Gasteiger partial charge on any atom is 0.133 e. The molecule has 1 aliphatic rings. The van der Waals surface area contributed by atoms with Crippen LogP contribution in [0.3, 0.4) is 0 Å². The summed E-state index contributed by atoms with van der Waals surface area (Å²) in [6.45, 7) is 0. The quantitative estimate of drug-likeness (QED) is 0.714. The molecule has 1 saturated carbocycles. The van der Waals surface area contributed by atoms with Gasteiger partial charge in [-0.3, -0.25) is 4.79 Å². The summed E-state index contributed by atoms with van der Waals surface area (Å²) in [5.74, 6) is -0.156.